The maximum Gasteiger partial charge on any atom is 0.287 e. The van der Waals surface area contributed by atoms with Crippen LogP contribution in [0.25, 0.3) is 16.9 Å². The zero-order valence-electron chi connectivity index (χ0n) is 13.8. The molecular weight excluding hydrogens is 456 g/mol. The summed E-state index contributed by atoms with van der Waals surface area (Å²) in [5.41, 5.74) is 3.75. The minimum atomic E-state index is 0.0879. The van der Waals surface area contributed by atoms with E-state index in [-0.39, 0.29) is 12.3 Å². The average Bonchev–Trinajstić information content (AvgIpc) is 3.00. The van der Waals surface area contributed by atoms with Crippen molar-refractivity contribution in [2.24, 2.45) is 0 Å². The monoisotopic (exact) mass is 469 g/mol. The number of carbonyl (C=O) groups is 1. The zero-order valence-corrected chi connectivity index (χ0v) is 16.9. The van der Waals surface area contributed by atoms with Gasteiger partial charge in [-0.25, -0.2) is 8.97 Å². The molecule has 0 saturated carbocycles. The maximum atomic E-state index is 12.8. The number of aromatic nitrogens is 2. The minimum Gasteiger partial charge on any atom is -0.290 e. The molecule has 3 nitrogen and oxygen atoms in total. The topological polar surface area (TPSA) is 26.1 Å². The Morgan fingerprint density at radius 3 is 2.27 bits per heavy atom. The van der Waals surface area contributed by atoms with Crippen LogP contribution >= 0.6 is 31.9 Å². The Labute approximate surface area is 168 Å². The summed E-state index contributed by atoms with van der Waals surface area (Å²) in [6.45, 7) is 0.285. The molecule has 0 aliphatic carbocycles. The molecule has 0 radical (unpaired) electrons. The van der Waals surface area contributed by atoms with E-state index in [2.05, 4.69) is 54.8 Å². The largest absolute Gasteiger partial charge is 0.290 e. The van der Waals surface area contributed by atoms with E-state index in [4.69, 9.17) is 0 Å². The molecule has 4 aromatic rings. The van der Waals surface area contributed by atoms with Gasteiger partial charge in [0.2, 0.25) is 5.78 Å². The van der Waals surface area contributed by atoms with Gasteiger partial charge in [-0.05, 0) is 46.3 Å². The number of halogens is 2. The summed E-state index contributed by atoms with van der Waals surface area (Å²) in [7, 11) is 0. The molecule has 5 heteroatoms. The summed E-state index contributed by atoms with van der Waals surface area (Å²) < 4.78 is 6.12. The van der Waals surface area contributed by atoms with Crippen molar-refractivity contribution in [3.63, 3.8) is 0 Å². The first-order valence-corrected chi connectivity index (χ1v) is 9.75. The van der Waals surface area contributed by atoms with Crippen molar-refractivity contribution >= 4 is 43.3 Å². The van der Waals surface area contributed by atoms with E-state index < -0.39 is 0 Å². The molecule has 0 N–H and O–H groups in total. The van der Waals surface area contributed by atoms with Gasteiger partial charge in [0.1, 0.15) is 12.4 Å². The molecule has 26 heavy (non-hydrogen) atoms. The molecule has 0 amide bonds. The third-order valence-corrected chi connectivity index (χ3v) is 5.28. The summed E-state index contributed by atoms with van der Waals surface area (Å²) in [5, 5.41) is 0. The molecule has 0 bridgehead atoms. The van der Waals surface area contributed by atoms with Crippen LogP contribution < -0.4 is 4.40 Å². The lowest BCUT2D eigenvalue weighted by Crippen LogP contribution is -2.20. The van der Waals surface area contributed by atoms with Crippen LogP contribution in [0.1, 0.15) is 10.4 Å². The van der Waals surface area contributed by atoms with Gasteiger partial charge in [-0.2, -0.15) is 0 Å². The van der Waals surface area contributed by atoms with Gasteiger partial charge in [0.15, 0.2) is 12.2 Å². The Morgan fingerprint density at radius 1 is 0.846 bits per heavy atom. The van der Waals surface area contributed by atoms with Crippen molar-refractivity contribution in [2.45, 2.75) is 6.54 Å². The number of fused-ring (bicyclic) bond motifs is 1. The summed E-state index contributed by atoms with van der Waals surface area (Å²) in [6, 6.07) is 21.6. The molecule has 2 aromatic heterocycles. The van der Waals surface area contributed by atoms with Crippen LogP contribution in [-0.2, 0) is 6.54 Å². The Kier molecular flexibility index (Phi) is 4.74. The number of imidazole rings is 1. The van der Waals surface area contributed by atoms with E-state index in [1.54, 1.807) is 0 Å². The standard InChI is InChI=1S/C21H15Br2N2O/c22-17-8-6-15(7-9-17)19-13-24-12-18(23)10-11-21(24)25(19)14-20(26)16-4-2-1-3-5-16/h1-13H,14H2/q+1. The number of rotatable bonds is 4. The highest BCUT2D eigenvalue weighted by Gasteiger charge is 2.22. The van der Waals surface area contributed by atoms with Crippen molar-refractivity contribution in [2.75, 3.05) is 0 Å². The van der Waals surface area contributed by atoms with E-state index >= 15 is 0 Å². The van der Waals surface area contributed by atoms with Gasteiger partial charge in [-0.3, -0.25) is 4.79 Å². The molecule has 2 aromatic carbocycles. The molecule has 0 fully saturated rings. The zero-order chi connectivity index (χ0) is 18.1. The highest BCUT2D eigenvalue weighted by atomic mass is 79.9. The second-order valence-corrected chi connectivity index (χ2v) is 7.84. The first kappa shape index (κ1) is 17.2. The van der Waals surface area contributed by atoms with Gasteiger partial charge in [-0.1, -0.05) is 46.3 Å². The van der Waals surface area contributed by atoms with Gasteiger partial charge >= 0.3 is 0 Å². The van der Waals surface area contributed by atoms with Crippen molar-refractivity contribution in [1.29, 1.82) is 0 Å². The number of hydrogen-bond acceptors (Lipinski definition) is 1. The van der Waals surface area contributed by atoms with Crippen LogP contribution in [0.15, 0.2) is 88.1 Å². The number of pyridine rings is 1. The highest BCUT2D eigenvalue weighted by Crippen LogP contribution is 2.24. The Balaban J connectivity index is 1.84. The average molecular weight is 471 g/mol. The van der Waals surface area contributed by atoms with Crippen LogP contribution in [-0.4, -0.2) is 10.4 Å². The molecule has 0 unspecified atom stereocenters. The van der Waals surface area contributed by atoms with E-state index in [1.165, 1.54) is 0 Å². The fraction of sp³-hybridized carbons (Fsp3) is 0.0476. The van der Waals surface area contributed by atoms with Crippen molar-refractivity contribution in [3.05, 3.63) is 93.6 Å². The van der Waals surface area contributed by atoms with Gasteiger partial charge in [0, 0.05) is 21.7 Å². The third-order valence-electron chi connectivity index (χ3n) is 4.28. The maximum absolute atomic E-state index is 12.8. The van der Waals surface area contributed by atoms with Crippen LogP contribution in [0.3, 0.4) is 0 Å². The second-order valence-electron chi connectivity index (χ2n) is 6.01. The molecule has 0 atom stereocenters. The lowest BCUT2D eigenvalue weighted by molar-refractivity contribution is -0.511. The molecule has 2 heterocycles. The van der Waals surface area contributed by atoms with Gasteiger partial charge < -0.3 is 0 Å². The lowest BCUT2D eigenvalue weighted by atomic mass is 10.1. The fourth-order valence-electron chi connectivity index (χ4n) is 3.02. The quantitative estimate of drug-likeness (QED) is 0.293. The number of carbonyl (C=O) groups excluding carboxylic acids is 1. The van der Waals surface area contributed by atoms with Crippen LogP contribution in [0.4, 0.5) is 0 Å². The normalized spacial score (nSPS) is 11.0. The molecule has 4 rings (SSSR count). The predicted octanol–water partition coefficient (Wildman–Crippen LogP) is 5.30. The number of hydrogen-bond donors (Lipinski definition) is 0. The first-order valence-electron chi connectivity index (χ1n) is 8.16. The van der Waals surface area contributed by atoms with Gasteiger partial charge in [0.25, 0.3) is 5.65 Å². The summed E-state index contributed by atoms with van der Waals surface area (Å²) in [5.74, 6) is 0.0879. The lowest BCUT2D eigenvalue weighted by Gasteiger charge is -2.04. The van der Waals surface area contributed by atoms with Crippen LogP contribution in [0.2, 0.25) is 0 Å². The fourth-order valence-corrected chi connectivity index (χ4v) is 3.63. The van der Waals surface area contributed by atoms with Crippen molar-refractivity contribution in [1.82, 2.24) is 4.57 Å². The molecule has 0 saturated heterocycles. The van der Waals surface area contributed by atoms with E-state index in [9.17, 15) is 4.79 Å². The van der Waals surface area contributed by atoms with Crippen molar-refractivity contribution in [3.8, 4) is 11.3 Å². The van der Waals surface area contributed by atoms with E-state index in [1.807, 2.05) is 65.2 Å². The number of Topliss-reactive ketones (excluding diaryl/α,β-unsaturated/α-hetero) is 1. The predicted molar refractivity (Wildman–Crippen MR) is 109 cm³/mol. The van der Waals surface area contributed by atoms with Gasteiger partial charge in [0.05, 0.1) is 4.47 Å². The molecule has 0 aliphatic heterocycles. The van der Waals surface area contributed by atoms with Crippen molar-refractivity contribution < 1.29 is 9.20 Å². The molecule has 128 valence electrons. The summed E-state index contributed by atoms with van der Waals surface area (Å²) in [6.07, 6.45) is 4.06. The molecule has 0 aliphatic rings. The Bertz CT molecular complexity index is 1090. The Morgan fingerprint density at radius 2 is 1.54 bits per heavy atom. The van der Waals surface area contributed by atoms with E-state index in [0.29, 0.717) is 0 Å². The van der Waals surface area contributed by atoms with Crippen LogP contribution in [0, 0.1) is 0 Å². The molecular formula is C21H15Br2N2O+. The second kappa shape index (κ2) is 7.17. The smallest absolute Gasteiger partial charge is 0.287 e. The van der Waals surface area contributed by atoms with Gasteiger partial charge in [-0.15, -0.1) is 0 Å². The first-order chi connectivity index (χ1) is 12.6. The summed E-state index contributed by atoms with van der Waals surface area (Å²) >= 11 is 7.00. The SMILES string of the molecule is O=C(Cn1c(-c2ccc(Br)cc2)c[n+]2cc(Br)ccc12)c1ccccc1. The highest BCUT2D eigenvalue weighted by molar-refractivity contribution is 9.10. The number of nitrogens with zero attached hydrogens (tertiary/aromatic N) is 2. The van der Waals surface area contributed by atoms with E-state index in [0.717, 1.165) is 31.4 Å². The molecule has 0 spiro atoms. The Hall–Kier alpha value is -2.24. The number of ketones is 1. The third kappa shape index (κ3) is 3.37. The minimum absolute atomic E-state index is 0.0879. The van der Waals surface area contributed by atoms with Crippen LogP contribution in [0.5, 0.6) is 0 Å². The summed E-state index contributed by atoms with van der Waals surface area (Å²) in [4.78, 5) is 12.8. The number of benzene rings is 2.